The summed E-state index contributed by atoms with van der Waals surface area (Å²) in [6, 6.07) is 5.51. The highest BCUT2D eigenvalue weighted by Gasteiger charge is 2.16. The Morgan fingerprint density at radius 1 is 1.39 bits per heavy atom. The number of benzene rings is 1. The normalized spacial score (nSPS) is 12.3. The Balaban J connectivity index is 3.15. The number of nitrogens with one attached hydrogen (secondary N) is 1. The number of nitrogens with two attached hydrogens (primary N) is 1. The molecule has 98 valence electrons. The Morgan fingerprint density at radius 3 is 2.50 bits per heavy atom. The minimum absolute atomic E-state index is 0.0132. The highest BCUT2D eigenvalue weighted by Crippen LogP contribution is 2.27. The Bertz CT molecular complexity index is 489. The number of aromatic hydroxyl groups is 1. The quantitative estimate of drug-likeness (QED) is 0.436. The first kappa shape index (κ1) is 14.4. The van der Waals surface area contributed by atoms with Gasteiger partial charge in [-0.2, -0.15) is 5.10 Å². The van der Waals surface area contributed by atoms with E-state index in [0.29, 0.717) is 11.3 Å². The van der Waals surface area contributed by atoms with Crippen LogP contribution in [0.25, 0.3) is 0 Å². The summed E-state index contributed by atoms with van der Waals surface area (Å²) >= 11 is 4.68. The van der Waals surface area contributed by atoms with E-state index in [0.717, 1.165) is 5.56 Å². The number of rotatable bonds is 2. The fourth-order valence-corrected chi connectivity index (χ4v) is 1.54. The summed E-state index contributed by atoms with van der Waals surface area (Å²) < 4.78 is 0. The summed E-state index contributed by atoms with van der Waals surface area (Å²) in [5, 5.41) is 14.0. The van der Waals surface area contributed by atoms with Crippen LogP contribution in [0.5, 0.6) is 5.75 Å². The molecule has 0 aliphatic carbocycles. The lowest BCUT2D eigenvalue weighted by Gasteiger charge is -2.20. The fraction of sp³-hybridized carbons (Fsp3) is 0.385. The molecule has 0 heterocycles. The number of nitrogens with zero attached hydrogens (tertiary/aromatic N) is 1. The molecule has 0 atom stereocenters. The summed E-state index contributed by atoms with van der Waals surface area (Å²) in [4.78, 5) is 0. The van der Waals surface area contributed by atoms with Crippen LogP contribution in [0.15, 0.2) is 23.3 Å². The Morgan fingerprint density at radius 2 is 2.00 bits per heavy atom. The smallest absolute Gasteiger partial charge is 0.184 e. The van der Waals surface area contributed by atoms with Crippen LogP contribution in [0.1, 0.15) is 38.8 Å². The molecule has 4 nitrogen and oxygen atoms in total. The maximum Gasteiger partial charge on any atom is 0.184 e. The van der Waals surface area contributed by atoms with Crippen LogP contribution in [0.2, 0.25) is 0 Å². The number of thiocarbonyl (C=S) groups is 1. The maximum atomic E-state index is 9.86. The van der Waals surface area contributed by atoms with E-state index in [1.807, 2.05) is 12.1 Å². The minimum atomic E-state index is 0.0132. The fourth-order valence-electron chi connectivity index (χ4n) is 1.49. The van der Waals surface area contributed by atoms with Crippen molar-refractivity contribution in [2.75, 3.05) is 0 Å². The van der Waals surface area contributed by atoms with Gasteiger partial charge in [-0.25, -0.2) is 0 Å². The van der Waals surface area contributed by atoms with Gasteiger partial charge < -0.3 is 10.8 Å². The highest BCUT2D eigenvalue weighted by atomic mass is 32.1. The third-order valence-corrected chi connectivity index (χ3v) is 2.68. The predicted molar refractivity (Wildman–Crippen MR) is 78.9 cm³/mol. The molecule has 0 aliphatic rings. The van der Waals surface area contributed by atoms with Gasteiger partial charge in [-0.1, -0.05) is 26.8 Å². The van der Waals surface area contributed by atoms with Crippen LogP contribution in [0, 0.1) is 0 Å². The van der Waals surface area contributed by atoms with E-state index < -0.39 is 0 Å². The molecule has 0 saturated heterocycles. The molecule has 0 unspecified atom stereocenters. The zero-order valence-corrected chi connectivity index (χ0v) is 11.9. The molecule has 0 saturated carbocycles. The van der Waals surface area contributed by atoms with Gasteiger partial charge in [0, 0.05) is 5.56 Å². The third kappa shape index (κ3) is 3.70. The minimum Gasteiger partial charge on any atom is -0.507 e. The van der Waals surface area contributed by atoms with Crippen molar-refractivity contribution in [1.29, 1.82) is 0 Å². The average Bonchev–Trinajstić information content (AvgIpc) is 2.24. The van der Waals surface area contributed by atoms with E-state index in [4.69, 9.17) is 5.73 Å². The van der Waals surface area contributed by atoms with Crippen molar-refractivity contribution in [2.24, 2.45) is 10.8 Å². The maximum absolute atomic E-state index is 9.86. The Labute approximate surface area is 113 Å². The van der Waals surface area contributed by atoms with Crippen LogP contribution < -0.4 is 11.2 Å². The molecular formula is C13H19N3OS. The first-order valence-corrected chi connectivity index (χ1v) is 6.06. The molecule has 4 N–H and O–H groups in total. The number of hydrogen-bond donors (Lipinski definition) is 3. The number of phenols is 1. The summed E-state index contributed by atoms with van der Waals surface area (Å²) in [6.07, 6.45) is 0. The van der Waals surface area contributed by atoms with E-state index in [2.05, 4.69) is 43.5 Å². The van der Waals surface area contributed by atoms with E-state index in [1.54, 1.807) is 13.0 Å². The third-order valence-electron chi connectivity index (χ3n) is 2.59. The standard InChI is InChI=1S/C13H19N3OS/c1-8(15-16-12(14)18)10-7-9(13(2,3)4)5-6-11(10)17/h5-7,17H,1-4H3,(H3,14,16,18)/b15-8-. The van der Waals surface area contributed by atoms with Gasteiger partial charge in [0.05, 0.1) is 5.71 Å². The first-order chi connectivity index (χ1) is 8.21. The molecule has 18 heavy (non-hydrogen) atoms. The molecule has 0 amide bonds. The molecule has 0 radical (unpaired) electrons. The van der Waals surface area contributed by atoms with Crippen LogP contribution in [-0.2, 0) is 5.41 Å². The monoisotopic (exact) mass is 265 g/mol. The van der Waals surface area contributed by atoms with Gasteiger partial charge in [0.15, 0.2) is 5.11 Å². The molecule has 0 bridgehead atoms. The second kappa shape index (κ2) is 5.35. The molecule has 1 aromatic carbocycles. The Kier molecular flexibility index (Phi) is 4.29. The van der Waals surface area contributed by atoms with E-state index in [-0.39, 0.29) is 16.3 Å². The molecule has 1 aromatic rings. The molecule has 0 spiro atoms. The number of hydrogen-bond acceptors (Lipinski definition) is 3. The zero-order chi connectivity index (χ0) is 13.9. The second-order valence-corrected chi connectivity index (χ2v) is 5.60. The van der Waals surface area contributed by atoms with Gasteiger partial charge in [0.1, 0.15) is 5.75 Å². The lowest BCUT2D eigenvalue weighted by molar-refractivity contribution is 0.472. The van der Waals surface area contributed by atoms with E-state index in [9.17, 15) is 5.11 Å². The van der Waals surface area contributed by atoms with Gasteiger partial charge in [-0.05, 0) is 42.3 Å². The summed E-state index contributed by atoms with van der Waals surface area (Å²) in [7, 11) is 0. The Hall–Kier alpha value is -1.62. The van der Waals surface area contributed by atoms with Crippen molar-refractivity contribution in [3.05, 3.63) is 29.3 Å². The van der Waals surface area contributed by atoms with Gasteiger partial charge in [0.2, 0.25) is 0 Å². The van der Waals surface area contributed by atoms with Crippen molar-refractivity contribution in [3.63, 3.8) is 0 Å². The summed E-state index contributed by atoms with van der Waals surface area (Å²) in [6.45, 7) is 8.13. The number of phenolic OH excluding ortho intramolecular Hbond substituents is 1. The molecule has 0 fully saturated rings. The van der Waals surface area contributed by atoms with Crippen LogP contribution in [0.4, 0.5) is 0 Å². The van der Waals surface area contributed by atoms with Crippen molar-refractivity contribution in [1.82, 2.24) is 5.43 Å². The largest absolute Gasteiger partial charge is 0.507 e. The van der Waals surface area contributed by atoms with E-state index >= 15 is 0 Å². The van der Waals surface area contributed by atoms with Crippen molar-refractivity contribution < 1.29 is 5.11 Å². The molecular weight excluding hydrogens is 246 g/mol. The summed E-state index contributed by atoms with van der Waals surface area (Å²) in [5.41, 5.74) is 10.3. The molecule has 0 aliphatic heterocycles. The molecule has 5 heteroatoms. The molecule has 1 rings (SSSR count). The zero-order valence-electron chi connectivity index (χ0n) is 11.1. The summed E-state index contributed by atoms with van der Waals surface area (Å²) in [5.74, 6) is 0.189. The topological polar surface area (TPSA) is 70.6 Å². The van der Waals surface area contributed by atoms with Crippen LogP contribution in [-0.4, -0.2) is 15.9 Å². The van der Waals surface area contributed by atoms with Gasteiger partial charge in [0.25, 0.3) is 0 Å². The highest BCUT2D eigenvalue weighted by molar-refractivity contribution is 7.80. The van der Waals surface area contributed by atoms with Crippen LogP contribution in [0.3, 0.4) is 0 Å². The second-order valence-electron chi connectivity index (χ2n) is 5.16. The van der Waals surface area contributed by atoms with Gasteiger partial charge in [-0.15, -0.1) is 0 Å². The van der Waals surface area contributed by atoms with E-state index in [1.165, 1.54) is 0 Å². The average molecular weight is 265 g/mol. The van der Waals surface area contributed by atoms with Gasteiger partial charge in [-0.3, -0.25) is 5.43 Å². The first-order valence-electron chi connectivity index (χ1n) is 5.65. The number of hydrazone groups is 1. The SMILES string of the molecule is C/C(=N/NC(N)=S)c1cc(C(C)(C)C)ccc1O. The van der Waals surface area contributed by atoms with Crippen molar-refractivity contribution in [3.8, 4) is 5.75 Å². The van der Waals surface area contributed by atoms with Gasteiger partial charge >= 0.3 is 0 Å². The lowest BCUT2D eigenvalue weighted by atomic mass is 9.85. The van der Waals surface area contributed by atoms with Crippen LogP contribution >= 0.6 is 12.2 Å². The lowest BCUT2D eigenvalue weighted by Crippen LogP contribution is -2.25. The van der Waals surface area contributed by atoms with Crippen molar-refractivity contribution in [2.45, 2.75) is 33.1 Å². The molecule has 0 aromatic heterocycles. The predicted octanol–water partition coefficient (Wildman–Crippen LogP) is 2.25. The van der Waals surface area contributed by atoms with Crippen molar-refractivity contribution >= 4 is 23.0 Å².